The van der Waals surface area contributed by atoms with Gasteiger partial charge in [-0.05, 0) is 25.7 Å². The van der Waals surface area contributed by atoms with Crippen LogP contribution in [0.25, 0.3) is 0 Å². The third-order valence-corrected chi connectivity index (χ3v) is 2.45. The molecular weight excluding hydrogens is 362 g/mol. The Hall–Kier alpha value is 0.748. The summed E-state index contributed by atoms with van der Waals surface area (Å²) >= 11 is 11.7. The largest absolute Gasteiger partial charge is 0.0882 e. The molecular formula is C8H10Cl2Pt. The molecule has 1 aliphatic carbocycles. The van der Waals surface area contributed by atoms with E-state index in [9.17, 15) is 0 Å². The van der Waals surface area contributed by atoms with E-state index in [1.54, 1.807) is 0 Å². The molecule has 0 aromatic carbocycles. The molecule has 0 nitrogen and oxygen atoms in total. The zero-order valence-electron chi connectivity index (χ0n) is 6.06. The Morgan fingerprint density at radius 3 is 1.64 bits per heavy atom. The molecule has 1 aliphatic rings. The molecule has 0 unspecified atom stereocenters. The predicted molar refractivity (Wildman–Crippen MR) is 46.3 cm³/mol. The number of hydrogen-bond acceptors (Lipinski definition) is 0. The Kier molecular flexibility index (Phi) is 6.71. The van der Waals surface area contributed by atoms with Gasteiger partial charge in [-0.3, -0.25) is 0 Å². The fraction of sp³-hybridized carbons (Fsp3) is 0.500. The minimum atomic E-state index is 0. The van der Waals surface area contributed by atoms with Crippen molar-refractivity contribution in [1.29, 1.82) is 0 Å². The molecule has 0 amide bonds. The van der Waals surface area contributed by atoms with Crippen LogP contribution in [0.15, 0.2) is 22.2 Å². The summed E-state index contributed by atoms with van der Waals surface area (Å²) in [6.45, 7) is 0. The first-order chi connectivity index (χ1) is 4.80. The third kappa shape index (κ3) is 4.35. The Bertz CT molecular complexity index is 155. The van der Waals surface area contributed by atoms with Crippen molar-refractivity contribution in [3.05, 3.63) is 22.2 Å². The van der Waals surface area contributed by atoms with Crippen LogP contribution in [0.5, 0.6) is 0 Å². The van der Waals surface area contributed by atoms with Crippen molar-refractivity contribution in [2.45, 2.75) is 25.7 Å². The van der Waals surface area contributed by atoms with Crippen molar-refractivity contribution in [3.8, 4) is 0 Å². The zero-order chi connectivity index (χ0) is 7.40. The summed E-state index contributed by atoms with van der Waals surface area (Å²) < 4.78 is 0. The van der Waals surface area contributed by atoms with Gasteiger partial charge in [0.05, 0.1) is 0 Å². The van der Waals surface area contributed by atoms with E-state index in [0.29, 0.717) is 0 Å². The van der Waals surface area contributed by atoms with Crippen molar-refractivity contribution < 1.29 is 21.1 Å². The monoisotopic (exact) mass is 371 g/mol. The SMILES string of the molecule is Cl/C1=C(\Cl)CC/C=C\CC1.[Pt]. The van der Waals surface area contributed by atoms with E-state index in [1.807, 2.05) is 0 Å². The number of allylic oxidation sites excluding steroid dienone is 4. The van der Waals surface area contributed by atoms with Gasteiger partial charge in [0.25, 0.3) is 0 Å². The van der Waals surface area contributed by atoms with Gasteiger partial charge in [-0.1, -0.05) is 35.4 Å². The van der Waals surface area contributed by atoms with Crippen molar-refractivity contribution in [2.24, 2.45) is 0 Å². The molecule has 0 atom stereocenters. The fourth-order valence-electron chi connectivity index (χ4n) is 0.927. The molecule has 0 aliphatic heterocycles. The molecule has 11 heavy (non-hydrogen) atoms. The van der Waals surface area contributed by atoms with Crippen LogP contribution < -0.4 is 0 Å². The minimum absolute atomic E-state index is 0. The van der Waals surface area contributed by atoms with Crippen molar-refractivity contribution in [2.75, 3.05) is 0 Å². The normalized spacial score (nSPS) is 28.2. The van der Waals surface area contributed by atoms with Crippen LogP contribution >= 0.6 is 23.2 Å². The molecule has 0 fully saturated rings. The van der Waals surface area contributed by atoms with E-state index in [1.165, 1.54) is 0 Å². The maximum atomic E-state index is 5.86. The molecule has 0 N–H and O–H groups in total. The molecule has 0 spiro atoms. The Morgan fingerprint density at radius 2 is 1.27 bits per heavy atom. The molecule has 0 radical (unpaired) electrons. The second-order valence-electron chi connectivity index (χ2n) is 2.36. The Labute approximate surface area is 91.9 Å². The first-order valence-corrected chi connectivity index (χ1v) is 4.24. The van der Waals surface area contributed by atoms with Crippen LogP contribution in [0, 0.1) is 0 Å². The summed E-state index contributed by atoms with van der Waals surface area (Å²) in [7, 11) is 0. The molecule has 66 valence electrons. The van der Waals surface area contributed by atoms with Gasteiger partial charge in [0, 0.05) is 31.1 Å². The van der Waals surface area contributed by atoms with E-state index in [0.717, 1.165) is 35.7 Å². The zero-order valence-corrected chi connectivity index (χ0v) is 9.84. The standard InChI is InChI=1S/C8H10Cl2.Pt/c9-7-5-3-1-2-4-6-8(7)10;/h1-2H,3-6H2;/b2-1-,8-7-;. The molecule has 0 bridgehead atoms. The van der Waals surface area contributed by atoms with Gasteiger partial charge in [-0.15, -0.1) is 0 Å². The summed E-state index contributed by atoms with van der Waals surface area (Å²) in [6, 6.07) is 0. The van der Waals surface area contributed by atoms with Crippen LogP contribution in [0.3, 0.4) is 0 Å². The number of halogens is 2. The minimum Gasteiger partial charge on any atom is -0.0882 e. The van der Waals surface area contributed by atoms with E-state index >= 15 is 0 Å². The van der Waals surface area contributed by atoms with Gasteiger partial charge in [0.15, 0.2) is 0 Å². The average molecular weight is 372 g/mol. The summed E-state index contributed by atoms with van der Waals surface area (Å²) in [4.78, 5) is 0. The second-order valence-corrected chi connectivity index (χ2v) is 3.27. The van der Waals surface area contributed by atoms with E-state index in [4.69, 9.17) is 23.2 Å². The maximum Gasteiger partial charge on any atom is 0.0329 e. The molecule has 0 saturated heterocycles. The molecule has 0 aromatic rings. The first-order valence-electron chi connectivity index (χ1n) is 3.48. The predicted octanol–water partition coefficient (Wildman–Crippen LogP) is 3.80. The summed E-state index contributed by atoms with van der Waals surface area (Å²) in [5.41, 5.74) is 0. The van der Waals surface area contributed by atoms with E-state index < -0.39 is 0 Å². The van der Waals surface area contributed by atoms with Gasteiger partial charge >= 0.3 is 0 Å². The maximum absolute atomic E-state index is 5.86. The topological polar surface area (TPSA) is 0 Å². The molecule has 3 heteroatoms. The fourth-order valence-corrected chi connectivity index (χ4v) is 1.33. The van der Waals surface area contributed by atoms with Crippen molar-refractivity contribution >= 4 is 23.2 Å². The van der Waals surface area contributed by atoms with E-state index in [-0.39, 0.29) is 21.1 Å². The number of hydrogen-bond donors (Lipinski definition) is 0. The average Bonchev–Trinajstić information content (AvgIpc) is 1.92. The molecule has 0 heterocycles. The summed E-state index contributed by atoms with van der Waals surface area (Å²) in [6.07, 6.45) is 8.16. The van der Waals surface area contributed by atoms with Crippen LogP contribution in [0.2, 0.25) is 0 Å². The quantitative estimate of drug-likeness (QED) is 0.568. The number of rotatable bonds is 0. The van der Waals surface area contributed by atoms with Crippen LogP contribution in [-0.4, -0.2) is 0 Å². The van der Waals surface area contributed by atoms with Crippen LogP contribution in [0.1, 0.15) is 25.7 Å². The molecule has 1 rings (SSSR count). The van der Waals surface area contributed by atoms with Gasteiger partial charge in [0.2, 0.25) is 0 Å². The smallest absolute Gasteiger partial charge is 0.0329 e. The van der Waals surface area contributed by atoms with Crippen molar-refractivity contribution in [3.63, 3.8) is 0 Å². The van der Waals surface area contributed by atoms with Gasteiger partial charge < -0.3 is 0 Å². The van der Waals surface area contributed by atoms with E-state index in [2.05, 4.69) is 12.2 Å². The van der Waals surface area contributed by atoms with Gasteiger partial charge in [0.1, 0.15) is 0 Å². The third-order valence-electron chi connectivity index (χ3n) is 1.52. The van der Waals surface area contributed by atoms with Gasteiger partial charge in [-0.25, -0.2) is 0 Å². The second kappa shape index (κ2) is 6.28. The van der Waals surface area contributed by atoms with Crippen molar-refractivity contribution in [1.82, 2.24) is 0 Å². The Morgan fingerprint density at radius 1 is 0.909 bits per heavy atom. The van der Waals surface area contributed by atoms with Crippen LogP contribution in [0.4, 0.5) is 0 Å². The Balaban J connectivity index is 0.000001000. The first kappa shape index (κ1) is 11.7. The van der Waals surface area contributed by atoms with Crippen LogP contribution in [-0.2, 0) is 21.1 Å². The summed E-state index contributed by atoms with van der Waals surface area (Å²) in [5, 5.41) is 1.68. The molecule has 0 saturated carbocycles. The van der Waals surface area contributed by atoms with Gasteiger partial charge in [-0.2, -0.15) is 0 Å². The summed E-state index contributed by atoms with van der Waals surface area (Å²) in [5.74, 6) is 0. The molecule has 0 aromatic heterocycles.